The maximum Gasteiger partial charge on any atom is 0.323 e. The van der Waals surface area contributed by atoms with Gasteiger partial charge in [-0.05, 0) is 66.0 Å². The first-order chi connectivity index (χ1) is 9.74. The molecule has 0 aromatic carbocycles. The van der Waals surface area contributed by atoms with E-state index in [1.165, 1.54) is 25.7 Å². The largest absolute Gasteiger partial charge is 0.480 e. The zero-order valence-corrected chi connectivity index (χ0v) is 14.5. The number of carbonyl (C=O) groups is 1. The number of carboxylic acid groups (broad SMARTS) is 1. The molecule has 124 valence electrons. The van der Waals surface area contributed by atoms with Gasteiger partial charge in [-0.25, -0.2) is 0 Å². The van der Waals surface area contributed by atoms with E-state index < -0.39 is 11.5 Å². The van der Waals surface area contributed by atoms with Gasteiger partial charge in [0.25, 0.3) is 0 Å². The average molecular weight is 298 g/mol. The molecule has 1 aliphatic carbocycles. The molecule has 4 heteroatoms. The Morgan fingerprint density at radius 1 is 1.43 bits per heavy atom. The molecule has 0 radical (unpaired) electrons. The SMILES string of the molecule is CC1CCCC(N(C)CCCC(C)(NC(C)C)C(=O)O)C1. The van der Waals surface area contributed by atoms with Gasteiger partial charge in [0, 0.05) is 12.1 Å². The van der Waals surface area contributed by atoms with E-state index in [9.17, 15) is 9.90 Å². The summed E-state index contributed by atoms with van der Waals surface area (Å²) in [6.07, 6.45) is 6.87. The van der Waals surface area contributed by atoms with Crippen molar-refractivity contribution < 1.29 is 9.90 Å². The third kappa shape index (κ3) is 5.95. The predicted octanol–water partition coefficient (Wildman–Crippen LogP) is 3.12. The van der Waals surface area contributed by atoms with E-state index in [4.69, 9.17) is 0 Å². The van der Waals surface area contributed by atoms with Gasteiger partial charge in [0.05, 0.1) is 0 Å². The molecular formula is C17H34N2O2. The predicted molar refractivity (Wildman–Crippen MR) is 87.6 cm³/mol. The number of hydrogen-bond donors (Lipinski definition) is 2. The fourth-order valence-corrected chi connectivity index (χ4v) is 3.54. The maximum absolute atomic E-state index is 11.5. The zero-order valence-electron chi connectivity index (χ0n) is 14.5. The Balaban J connectivity index is 2.41. The smallest absolute Gasteiger partial charge is 0.323 e. The van der Waals surface area contributed by atoms with Crippen molar-refractivity contribution in [3.63, 3.8) is 0 Å². The molecule has 2 N–H and O–H groups in total. The molecule has 4 nitrogen and oxygen atoms in total. The van der Waals surface area contributed by atoms with Crippen molar-refractivity contribution in [1.29, 1.82) is 0 Å². The molecule has 0 amide bonds. The van der Waals surface area contributed by atoms with Crippen LogP contribution < -0.4 is 5.32 Å². The minimum Gasteiger partial charge on any atom is -0.480 e. The molecule has 0 saturated heterocycles. The van der Waals surface area contributed by atoms with Crippen molar-refractivity contribution >= 4 is 5.97 Å². The molecular weight excluding hydrogens is 264 g/mol. The van der Waals surface area contributed by atoms with Crippen molar-refractivity contribution in [2.24, 2.45) is 5.92 Å². The molecule has 0 aromatic rings. The Hall–Kier alpha value is -0.610. The molecule has 1 saturated carbocycles. The number of rotatable bonds is 8. The monoisotopic (exact) mass is 298 g/mol. The summed E-state index contributed by atoms with van der Waals surface area (Å²) in [6.45, 7) is 9.12. The van der Waals surface area contributed by atoms with Crippen molar-refractivity contribution in [3.05, 3.63) is 0 Å². The van der Waals surface area contributed by atoms with Crippen LogP contribution in [0.25, 0.3) is 0 Å². The first-order valence-corrected chi connectivity index (χ1v) is 8.46. The highest BCUT2D eigenvalue weighted by Crippen LogP contribution is 2.27. The standard InChI is InChI=1S/C17H34N2O2/c1-13(2)18-17(4,16(20)21)10-7-11-19(5)15-9-6-8-14(3)12-15/h13-15,18H,6-12H2,1-5H3,(H,20,21). The van der Waals surface area contributed by atoms with E-state index in [0.29, 0.717) is 12.5 Å². The summed E-state index contributed by atoms with van der Waals surface area (Å²) in [4.78, 5) is 13.9. The second-order valence-electron chi connectivity index (χ2n) is 7.45. The van der Waals surface area contributed by atoms with Gasteiger partial charge in [-0.15, -0.1) is 0 Å². The highest BCUT2D eigenvalue weighted by atomic mass is 16.4. The Morgan fingerprint density at radius 2 is 2.10 bits per heavy atom. The fourth-order valence-electron chi connectivity index (χ4n) is 3.54. The van der Waals surface area contributed by atoms with Gasteiger partial charge >= 0.3 is 5.97 Å². The molecule has 3 unspecified atom stereocenters. The maximum atomic E-state index is 11.5. The molecule has 0 spiro atoms. The van der Waals surface area contributed by atoms with Gasteiger partial charge in [0.15, 0.2) is 0 Å². The van der Waals surface area contributed by atoms with Crippen molar-refractivity contribution in [1.82, 2.24) is 10.2 Å². The van der Waals surface area contributed by atoms with E-state index in [2.05, 4.69) is 24.2 Å². The number of nitrogens with zero attached hydrogens (tertiary/aromatic N) is 1. The molecule has 3 atom stereocenters. The van der Waals surface area contributed by atoms with Crippen LogP contribution in [0.2, 0.25) is 0 Å². The number of carboxylic acids is 1. The lowest BCUT2D eigenvalue weighted by Crippen LogP contribution is -2.52. The zero-order chi connectivity index (χ0) is 16.0. The first-order valence-electron chi connectivity index (χ1n) is 8.46. The summed E-state index contributed by atoms with van der Waals surface area (Å²) in [5, 5.41) is 12.7. The minimum absolute atomic E-state index is 0.183. The molecule has 0 aliphatic heterocycles. The number of aliphatic carboxylic acids is 1. The first kappa shape index (κ1) is 18.4. The van der Waals surface area contributed by atoms with Crippen LogP contribution in [-0.4, -0.2) is 47.2 Å². The van der Waals surface area contributed by atoms with Crippen LogP contribution in [0.5, 0.6) is 0 Å². The van der Waals surface area contributed by atoms with Gasteiger partial charge in [0.2, 0.25) is 0 Å². The molecule has 1 aliphatic rings. The third-order valence-corrected chi connectivity index (χ3v) is 4.80. The second-order valence-corrected chi connectivity index (χ2v) is 7.45. The average Bonchev–Trinajstić information content (AvgIpc) is 2.37. The van der Waals surface area contributed by atoms with Crippen LogP contribution in [0.4, 0.5) is 0 Å². The van der Waals surface area contributed by atoms with Gasteiger partial charge in [0.1, 0.15) is 5.54 Å². The van der Waals surface area contributed by atoms with Crippen molar-refractivity contribution in [3.8, 4) is 0 Å². The lowest BCUT2D eigenvalue weighted by molar-refractivity contribution is -0.144. The lowest BCUT2D eigenvalue weighted by atomic mass is 9.86. The summed E-state index contributed by atoms with van der Waals surface area (Å²) in [7, 11) is 2.19. The van der Waals surface area contributed by atoms with E-state index >= 15 is 0 Å². The van der Waals surface area contributed by atoms with Gasteiger partial charge < -0.3 is 10.0 Å². The van der Waals surface area contributed by atoms with E-state index in [1.54, 1.807) is 6.92 Å². The molecule has 1 fully saturated rings. The quantitative estimate of drug-likeness (QED) is 0.723. The number of nitrogens with one attached hydrogen (secondary N) is 1. The molecule has 0 aromatic heterocycles. The van der Waals surface area contributed by atoms with Crippen LogP contribution in [0.15, 0.2) is 0 Å². The Bertz CT molecular complexity index is 333. The molecule has 0 heterocycles. The Kier molecular flexibility index (Phi) is 7.14. The second kappa shape index (κ2) is 8.14. The summed E-state index contributed by atoms with van der Waals surface area (Å²) < 4.78 is 0. The van der Waals surface area contributed by atoms with E-state index in [-0.39, 0.29) is 6.04 Å². The minimum atomic E-state index is -0.811. The Morgan fingerprint density at radius 3 is 2.62 bits per heavy atom. The lowest BCUT2D eigenvalue weighted by Gasteiger charge is -2.35. The highest BCUT2D eigenvalue weighted by molar-refractivity contribution is 5.78. The van der Waals surface area contributed by atoms with E-state index in [1.807, 2.05) is 13.8 Å². The highest BCUT2D eigenvalue weighted by Gasteiger charge is 2.33. The van der Waals surface area contributed by atoms with Crippen LogP contribution in [0, 0.1) is 5.92 Å². The van der Waals surface area contributed by atoms with Crippen molar-refractivity contribution in [2.45, 2.75) is 83.8 Å². The van der Waals surface area contributed by atoms with Gasteiger partial charge in [-0.1, -0.05) is 19.8 Å². The molecule has 0 bridgehead atoms. The molecule has 21 heavy (non-hydrogen) atoms. The van der Waals surface area contributed by atoms with Gasteiger partial charge in [-0.3, -0.25) is 10.1 Å². The van der Waals surface area contributed by atoms with Gasteiger partial charge in [-0.2, -0.15) is 0 Å². The topological polar surface area (TPSA) is 52.6 Å². The summed E-state index contributed by atoms with van der Waals surface area (Å²) >= 11 is 0. The van der Waals surface area contributed by atoms with Crippen LogP contribution in [0.1, 0.15) is 66.2 Å². The fraction of sp³-hybridized carbons (Fsp3) is 0.941. The number of hydrogen-bond acceptors (Lipinski definition) is 3. The Labute approximate surface area is 130 Å². The van der Waals surface area contributed by atoms with E-state index in [0.717, 1.165) is 18.9 Å². The third-order valence-electron chi connectivity index (χ3n) is 4.80. The normalized spacial score (nSPS) is 26.0. The van der Waals surface area contributed by atoms with Crippen LogP contribution in [0.3, 0.4) is 0 Å². The molecule has 1 rings (SSSR count). The summed E-state index contributed by atoms with van der Waals surface area (Å²) in [5.74, 6) is 0.0863. The van der Waals surface area contributed by atoms with Crippen LogP contribution >= 0.6 is 0 Å². The summed E-state index contributed by atoms with van der Waals surface area (Å²) in [6, 6.07) is 0.867. The summed E-state index contributed by atoms with van der Waals surface area (Å²) in [5.41, 5.74) is -0.811. The van der Waals surface area contributed by atoms with Crippen LogP contribution in [-0.2, 0) is 4.79 Å². The van der Waals surface area contributed by atoms with Crippen molar-refractivity contribution in [2.75, 3.05) is 13.6 Å².